The van der Waals surface area contributed by atoms with Crippen LogP contribution in [0.3, 0.4) is 0 Å². The molecule has 3 aromatic rings. The molecule has 1 amide bonds. The van der Waals surface area contributed by atoms with Crippen LogP contribution < -0.4 is 5.32 Å². The van der Waals surface area contributed by atoms with Gasteiger partial charge in [0, 0.05) is 18.3 Å². The fourth-order valence-electron chi connectivity index (χ4n) is 3.11. The molecule has 7 nitrogen and oxygen atoms in total. The molecule has 25 heavy (non-hydrogen) atoms. The van der Waals surface area contributed by atoms with Gasteiger partial charge in [-0.2, -0.15) is 0 Å². The summed E-state index contributed by atoms with van der Waals surface area (Å²) >= 11 is 0. The van der Waals surface area contributed by atoms with Crippen LogP contribution in [-0.2, 0) is 11.3 Å². The Labute approximate surface area is 145 Å². The van der Waals surface area contributed by atoms with Gasteiger partial charge >= 0.3 is 0 Å². The lowest BCUT2D eigenvalue weighted by atomic mass is 9.96. The topological polar surface area (TPSA) is 84.2 Å². The zero-order valence-corrected chi connectivity index (χ0v) is 13.8. The molecule has 1 aromatic carbocycles. The number of piperidine rings is 1. The first-order chi connectivity index (χ1) is 12.3. The Morgan fingerprint density at radius 1 is 1.16 bits per heavy atom. The monoisotopic (exact) mass is 337 g/mol. The Morgan fingerprint density at radius 2 is 1.92 bits per heavy atom. The van der Waals surface area contributed by atoms with Gasteiger partial charge in [-0.05, 0) is 44.1 Å². The summed E-state index contributed by atoms with van der Waals surface area (Å²) in [5, 5.41) is 2.78. The fraction of sp³-hybridized carbons (Fsp3) is 0.333. The van der Waals surface area contributed by atoms with E-state index in [2.05, 4.69) is 25.2 Å². The molecule has 0 aliphatic carbocycles. The van der Waals surface area contributed by atoms with Crippen molar-refractivity contribution in [3.8, 4) is 0 Å². The summed E-state index contributed by atoms with van der Waals surface area (Å²) in [7, 11) is 0. The van der Waals surface area contributed by atoms with E-state index in [0.29, 0.717) is 12.5 Å². The summed E-state index contributed by atoms with van der Waals surface area (Å²) in [6.45, 7) is 2.35. The molecule has 3 heterocycles. The van der Waals surface area contributed by atoms with Crippen molar-refractivity contribution in [3.63, 3.8) is 0 Å². The molecule has 2 aromatic heterocycles. The van der Waals surface area contributed by atoms with Crippen LogP contribution in [0.2, 0.25) is 0 Å². The minimum Gasteiger partial charge on any atom is -0.439 e. The van der Waals surface area contributed by atoms with Crippen LogP contribution in [0.4, 0.5) is 5.95 Å². The molecule has 1 aliphatic rings. The Morgan fingerprint density at radius 3 is 2.68 bits per heavy atom. The highest BCUT2D eigenvalue weighted by atomic mass is 16.3. The summed E-state index contributed by atoms with van der Waals surface area (Å²) < 4.78 is 5.78. The van der Waals surface area contributed by atoms with E-state index in [4.69, 9.17) is 4.42 Å². The largest absolute Gasteiger partial charge is 0.439 e. The second kappa shape index (κ2) is 6.98. The summed E-state index contributed by atoms with van der Waals surface area (Å²) in [5.41, 5.74) is 1.70. The zero-order valence-electron chi connectivity index (χ0n) is 13.8. The molecule has 0 bridgehead atoms. The van der Waals surface area contributed by atoms with E-state index in [0.717, 1.165) is 42.9 Å². The highest BCUT2D eigenvalue weighted by molar-refractivity contribution is 5.90. The summed E-state index contributed by atoms with van der Waals surface area (Å²) in [5.74, 6) is 1.07. The van der Waals surface area contributed by atoms with Gasteiger partial charge < -0.3 is 4.42 Å². The van der Waals surface area contributed by atoms with Crippen molar-refractivity contribution >= 4 is 23.0 Å². The Hall–Kier alpha value is -2.80. The molecule has 1 fully saturated rings. The van der Waals surface area contributed by atoms with Crippen molar-refractivity contribution in [2.45, 2.75) is 19.4 Å². The maximum Gasteiger partial charge on any atom is 0.229 e. The third-order valence-electron chi connectivity index (χ3n) is 4.46. The molecule has 0 unspecified atom stereocenters. The first-order valence-corrected chi connectivity index (χ1v) is 8.42. The van der Waals surface area contributed by atoms with Gasteiger partial charge in [0.2, 0.25) is 17.7 Å². The number of carbonyl (C=O) groups is 1. The van der Waals surface area contributed by atoms with Crippen molar-refractivity contribution in [2.75, 3.05) is 18.4 Å². The van der Waals surface area contributed by atoms with Gasteiger partial charge in [-0.25, -0.2) is 15.0 Å². The highest BCUT2D eigenvalue weighted by Crippen LogP contribution is 2.21. The number of rotatable bonds is 4. The number of oxazole rings is 1. The lowest BCUT2D eigenvalue weighted by Crippen LogP contribution is -2.38. The van der Waals surface area contributed by atoms with Crippen molar-refractivity contribution in [2.24, 2.45) is 5.92 Å². The van der Waals surface area contributed by atoms with Crippen LogP contribution in [0, 0.1) is 5.92 Å². The molecule has 0 spiro atoms. The van der Waals surface area contributed by atoms with Crippen molar-refractivity contribution < 1.29 is 9.21 Å². The Bertz CT molecular complexity index is 823. The SMILES string of the molecule is O=C(Nc1ncccn1)C1CCN(Cc2nc3ccccc3o2)CC1. The molecular formula is C18H19N5O2. The zero-order chi connectivity index (χ0) is 17.1. The average Bonchev–Trinajstić information content (AvgIpc) is 3.05. The molecule has 0 saturated carbocycles. The quantitative estimate of drug-likeness (QED) is 0.787. The van der Waals surface area contributed by atoms with Gasteiger partial charge in [0.15, 0.2) is 5.58 Å². The van der Waals surface area contributed by atoms with Crippen LogP contribution in [0.15, 0.2) is 47.1 Å². The van der Waals surface area contributed by atoms with Gasteiger partial charge in [-0.3, -0.25) is 15.0 Å². The van der Waals surface area contributed by atoms with E-state index >= 15 is 0 Å². The molecular weight excluding hydrogens is 318 g/mol. The van der Waals surface area contributed by atoms with Gasteiger partial charge in [0.05, 0.1) is 6.54 Å². The number of fused-ring (bicyclic) bond motifs is 1. The molecule has 0 radical (unpaired) electrons. The summed E-state index contributed by atoms with van der Waals surface area (Å²) in [4.78, 5) is 27.2. The minimum atomic E-state index is -0.0105. The number of carbonyl (C=O) groups excluding carboxylic acids is 1. The number of hydrogen-bond donors (Lipinski definition) is 1. The minimum absolute atomic E-state index is 0.00675. The lowest BCUT2D eigenvalue weighted by molar-refractivity contribution is -0.121. The van der Waals surface area contributed by atoms with Crippen LogP contribution >= 0.6 is 0 Å². The predicted octanol–water partition coefficient (Wildman–Crippen LogP) is 2.47. The molecule has 1 N–H and O–H groups in total. The first-order valence-electron chi connectivity index (χ1n) is 8.42. The van der Waals surface area contributed by atoms with Gasteiger partial charge in [0.1, 0.15) is 5.52 Å². The van der Waals surface area contributed by atoms with E-state index in [1.807, 2.05) is 24.3 Å². The molecule has 7 heteroatoms. The van der Waals surface area contributed by atoms with E-state index in [1.54, 1.807) is 18.5 Å². The average molecular weight is 337 g/mol. The number of amides is 1. The van der Waals surface area contributed by atoms with Crippen LogP contribution in [0.5, 0.6) is 0 Å². The molecule has 1 aliphatic heterocycles. The number of nitrogens with zero attached hydrogens (tertiary/aromatic N) is 4. The predicted molar refractivity (Wildman–Crippen MR) is 92.7 cm³/mol. The van der Waals surface area contributed by atoms with Gasteiger partial charge in [-0.15, -0.1) is 0 Å². The highest BCUT2D eigenvalue weighted by Gasteiger charge is 2.26. The van der Waals surface area contributed by atoms with E-state index in [9.17, 15) is 4.79 Å². The Kier molecular flexibility index (Phi) is 4.39. The number of nitrogens with one attached hydrogen (secondary N) is 1. The first kappa shape index (κ1) is 15.7. The van der Waals surface area contributed by atoms with Crippen molar-refractivity contribution in [1.29, 1.82) is 0 Å². The third-order valence-corrected chi connectivity index (χ3v) is 4.46. The smallest absolute Gasteiger partial charge is 0.229 e. The Balaban J connectivity index is 1.31. The van der Waals surface area contributed by atoms with E-state index < -0.39 is 0 Å². The number of aromatic nitrogens is 3. The molecule has 0 atom stereocenters. The molecule has 4 rings (SSSR count). The van der Waals surface area contributed by atoms with Crippen LogP contribution in [-0.4, -0.2) is 38.8 Å². The number of likely N-dealkylation sites (tertiary alicyclic amines) is 1. The number of hydrogen-bond acceptors (Lipinski definition) is 6. The van der Waals surface area contributed by atoms with Crippen molar-refractivity contribution in [1.82, 2.24) is 19.9 Å². The van der Waals surface area contributed by atoms with Crippen LogP contribution in [0.1, 0.15) is 18.7 Å². The molecule has 128 valence electrons. The standard InChI is InChI=1S/C18H19N5O2/c24-17(22-18-19-8-3-9-20-18)13-6-10-23(11-7-13)12-16-21-14-4-1-2-5-15(14)25-16/h1-5,8-9,13H,6-7,10-12H2,(H,19,20,22,24). The van der Waals surface area contributed by atoms with Crippen LogP contribution in [0.25, 0.3) is 11.1 Å². The summed E-state index contributed by atoms with van der Waals surface area (Å²) in [6.07, 6.45) is 4.84. The normalized spacial score (nSPS) is 16.2. The lowest BCUT2D eigenvalue weighted by Gasteiger charge is -2.30. The number of benzene rings is 1. The number of para-hydroxylation sites is 2. The summed E-state index contributed by atoms with van der Waals surface area (Å²) in [6, 6.07) is 9.49. The van der Waals surface area contributed by atoms with E-state index in [1.165, 1.54) is 0 Å². The fourth-order valence-corrected chi connectivity index (χ4v) is 3.11. The third kappa shape index (κ3) is 3.66. The maximum atomic E-state index is 12.3. The molecule has 1 saturated heterocycles. The van der Waals surface area contributed by atoms with Gasteiger partial charge in [0.25, 0.3) is 0 Å². The van der Waals surface area contributed by atoms with Gasteiger partial charge in [-0.1, -0.05) is 12.1 Å². The van der Waals surface area contributed by atoms with Crippen molar-refractivity contribution in [3.05, 3.63) is 48.6 Å². The number of anilines is 1. The second-order valence-corrected chi connectivity index (χ2v) is 6.19. The van der Waals surface area contributed by atoms with E-state index in [-0.39, 0.29) is 11.8 Å². The second-order valence-electron chi connectivity index (χ2n) is 6.19. The maximum absolute atomic E-state index is 12.3.